The van der Waals surface area contributed by atoms with Gasteiger partial charge in [0.2, 0.25) is 0 Å². The molecule has 0 radical (unpaired) electrons. The second-order valence-electron chi connectivity index (χ2n) is 6.02. The lowest BCUT2D eigenvalue weighted by molar-refractivity contribution is -0.178. The number of phenols is 2. The summed E-state index contributed by atoms with van der Waals surface area (Å²) >= 11 is 0. The molecule has 0 unspecified atom stereocenters. The molecule has 23 heavy (non-hydrogen) atoms. The SMILES string of the molecule is C[C@]1(O)C[C@@H](O)[C@@H](O)[C@H](OC(=O)/C=C/c2ccc(O)c(O)c2)C1. The summed E-state index contributed by atoms with van der Waals surface area (Å²) in [5, 5.41) is 48.1. The van der Waals surface area contributed by atoms with Crippen LogP contribution in [0.4, 0.5) is 0 Å². The molecule has 0 aliphatic heterocycles. The maximum absolute atomic E-state index is 11.8. The highest BCUT2D eigenvalue weighted by molar-refractivity contribution is 5.87. The van der Waals surface area contributed by atoms with E-state index in [1.165, 1.54) is 31.2 Å². The third-order valence-electron chi connectivity index (χ3n) is 3.74. The third kappa shape index (κ3) is 4.44. The van der Waals surface area contributed by atoms with Crippen molar-refractivity contribution in [2.45, 2.75) is 43.7 Å². The molecule has 0 saturated heterocycles. The first-order valence-corrected chi connectivity index (χ1v) is 7.17. The molecule has 1 fully saturated rings. The van der Waals surface area contributed by atoms with Crippen LogP contribution in [0.2, 0.25) is 0 Å². The standard InChI is InChI=1S/C16H20O7/c1-16(22)7-12(19)15(21)13(8-16)23-14(20)5-3-9-2-4-10(17)11(18)6-9/h2-6,12-13,15,17-19,21-22H,7-8H2,1H3/b5-3+/t12-,13-,15-,16+/m1/s1. The fourth-order valence-electron chi connectivity index (χ4n) is 2.56. The van der Waals surface area contributed by atoms with Gasteiger partial charge in [0.1, 0.15) is 12.2 Å². The van der Waals surface area contributed by atoms with E-state index in [2.05, 4.69) is 0 Å². The minimum absolute atomic E-state index is 0.00480. The molecular formula is C16H20O7. The molecule has 4 atom stereocenters. The van der Waals surface area contributed by atoms with Gasteiger partial charge >= 0.3 is 5.97 Å². The number of phenolic OH excluding ortho intramolecular Hbond substituents is 2. The van der Waals surface area contributed by atoms with Gasteiger partial charge < -0.3 is 30.3 Å². The highest BCUT2D eigenvalue weighted by atomic mass is 16.6. The van der Waals surface area contributed by atoms with Crippen molar-refractivity contribution in [2.24, 2.45) is 0 Å². The Labute approximate surface area is 133 Å². The molecule has 0 bridgehead atoms. The van der Waals surface area contributed by atoms with Gasteiger partial charge in [0.25, 0.3) is 0 Å². The Bertz CT molecular complexity index is 608. The number of ether oxygens (including phenoxy) is 1. The van der Waals surface area contributed by atoms with Gasteiger partial charge in [-0.3, -0.25) is 0 Å². The Hall–Kier alpha value is -2.09. The fraction of sp³-hybridized carbons (Fsp3) is 0.438. The van der Waals surface area contributed by atoms with Gasteiger partial charge in [-0.25, -0.2) is 4.79 Å². The summed E-state index contributed by atoms with van der Waals surface area (Å²) in [5.74, 6) is -1.35. The largest absolute Gasteiger partial charge is 0.504 e. The van der Waals surface area contributed by atoms with E-state index in [4.69, 9.17) is 4.74 Å². The number of esters is 1. The molecule has 1 saturated carbocycles. The number of benzene rings is 1. The minimum atomic E-state index is -1.26. The van der Waals surface area contributed by atoms with E-state index in [0.29, 0.717) is 5.56 Å². The lowest BCUT2D eigenvalue weighted by Crippen LogP contribution is -2.52. The predicted octanol–water partition coefficient (Wildman–Crippen LogP) is 0.289. The summed E-state index contributed by atoms with van der Waals surface area (Å²) in [6, 6.07) is 4.03. The van der Waals surface area contributed by atoms with Crippen molar-refractivity contribution in [3.8, 4) is 11.5 Å². The van der Waals surface area contributed by atoms with Gasteiger partial charge in [-0.1, -0.05) is 6.07 Å². The van der Waals surface area contributed by atoms with Crippen molar-refractivity contribution in [1.29, 1.82) is 0 Å². The first-order chi connectivity index (χ1) is 10.7. The zero-order chi connectivity index (χ0) is 17.2. The summed E-state index contributed by atoms with van der Waals surface area (Å²) in [4.78, 5) is 11.8. The second-order valence-corrected chi connectivity index (χ2v) is 6.02. The smallest absolute Gasteiger partial charge is 0.331 e. The molecule has 1 aromatic carbocycles. The van der Waals surface area contributed by atoms with Gasteiger partial charge in [0.05, 0.1) is 11.7 Å². The molecule has 7 nitrogen and oxygen atoms in total. The number of hydrogen-bond acceptors (Lipinski definition) is 7. The molecule has 0 spiro atoms. The lowest BCUT2D eigenvalue weighted by atomic mass is 9.81. The molecule has 126 valence electrons. The summed E-state index contributed by atoms with van der Waals surface area (Å²) in [6.07, 6.45) is -0.964. The van der Waals surface area contributed by atoms with E-state index in [1.54, 1.807) is 0 Å². The van der Waals surface area contributed by atoms with E-state index >= 15 is 0 Å². The molecular weight excluding hydrogens is 304 g/mol. The highest BCUT2D eigenvalue weighted by Gasteiger charge is 2.43. The van der Waals surface area contributed by atoms with Crippen molar-refractivity contribution in [3.05, 3.63) is 29.8 Å². The number of aliphatic hydroxyl groups is 3. The van der Waals surface area contributed by atoms with Gasteiger partial charge in [0, 0.05) is 18.9 Å². The Balaban J connectivity index is 2.00. The molecule has 1 aliphatic rings. The van der Waals surface area contributed by atoms with Crippen LogP contribution in [0.5, 0.6) is 11.5 Å². The second kappa shape index (κ2) is 6.57. The topological polar surface area (TPSA) is 127 Å². The number of rotatable bonds is 3. The van der Waals surface area contributed by atoms with Crippen LogP contribution in [0.15, 0.2) is 24.3 Å². The van der Waals surface area contributed by atoms with E-state index < -0.39 is 29.9 Å². The zero-order valence-electron chi connectivity index (χ0n) is 12.6. The van der Waals surface area contributed by atoms with E-state index in [1.807, 2.05) is 0 Å². The van der Waals surface area contributed by atoms with Crippen LogP contribution in [0, 0.1) is 0 Å². The quantitative estimate of drug-likeness (QED) is 0.307. The van der Waals surface area contributed by atoms with Crippen LogP contribution in [0.3, 0.4) is 0 Å². The van der Waals surface area contributed by atoms with Crippen molar-refractivity contribution in [2.75, 3.05) is 0 Å². The van der Waals surface area contributed by atoms with Gasteiger partial charge in [-0.05, 0) is 30.7 Å². The molecule has 1 aromatic rings. The van der Waals surface area contributed by atoms with E-state index in [9.17, 15) is 30.3 Å². The molecule has 5 N–H and O–H groups in total. The highest BCUT2D eigenvalue weighted by Crippen LogP contribution is 2.30. The number of aromatic hydroxyl groups is 2. The molecule has 0 heterocycles. The monoisotopic (exact) mass is 324 g/mol. The molecule has 7 heteroatoms. The van der Waals surface area contributed by atoms with Crippen LogP contribution < -0.4 is 0 Å². The van der Waals surface area contributed by atoms with Gasteiger partial charge in [-0.15, -0.1) is 0 Å². The molecule has 1 aliphatic carbocycles. The molecule has 0 amide bonds. The van der Waals surface area contributed by atoms with Crippen LogP contribution >= 0.6 is 0 Å². The maximum Gasteiger partial charge on any atom is 0.331 e. The average Bonchev–Trinajstić information content (AvgIpc) is 2.45. The number of aliphatic hydroxyl groups excluding tert-OH is 2. The average molecular weight is 324 g/mol. The Morgan fingerprint density at radius 2 is 1.96 bits per heavy atom. The number of carbonyl (C=O) groups is 1. The normalized spacial score (nSPS) is 31.2. The lowest BCUT2D eigenvalue weighted by Gasteiger charge is -2.39. The minimum Gasteiger partial charge on any atom is -0.504 e. The van der Waals surface area contributed by atoms with Crippen LogP contribution in [0.1, 0.15) is 25.3 Å². The zero-order valence-corrected chi connectivity index (χ0v) is 12.6. The van der Waals surface area contributed by atoms with E-state index in [0.717, 1.165) is 6.08 Å². The van der Waals surface area contributed by atoms with Crippen molar-refractivity contribution >= 4 is 12.0 Å². The first-order valence-electron chi connectivity index (χ1n) is 7.17. The molecule has 2 rings (SSSR count). The number of carbonyl (C=O) groups excluding carboxylic acids is 1. The van der Waals surface area contributed by atoms with Crippen LogP contribution in [0.25, 0.3) is 6.08 Å². The fourth-order valence-corrected chi connectivity index (χ4v) is 2.56. The van der Waals surface area contributed by atoms with Gasteiger partial charge in [0.15, 0.2) is 11.5 Å². The van der Waals surface area contributed by atoms with Crippen LogP contribution in [-0.2, 0) is 9.53 Å². The Kier molecular flexibility index (Phi) is 4.93. The molecule has 0 aromatic heterocycles. The number of hydrogen-bond donors (Lipinski definition) is 5. The Morgan fingerprint density at radius 1 is 1.26 bits per heavy atom. The predicted molar refractivity (Wildman–Crippen MR) is 80.6 cm³/mol. The summed E-state index contributed by atoms with van der Waals surface area (Å²) in [5.41, 5.74) is -0.760. The first kappa shape index (κ1) is 17.3. The van der Waals surface area contributed by atoms with Crippen molar-refractivity contribution in [3.63, 3.8) is 0 Å². The van der Waals surface area contributed by atoms with Crippen molar-refractivity contribution < 1.29 is 35.1 Å². The maximum atomic E-state index is 11.8. The van der Waals surface area contributed by atoms with Gasteiger partial charge in [-0.2, -0.15) is 0 Å². The summed E-state index contributed by atoms with van der Waals surface area (Å²) in [6.45, 7) is 1.50. The van der Waals surface area contributed by atoms with Crippen molar-refractivity contribution in [1.82, 2.24) is 0 Å². The van der Waals surface area contributed by atoms with E-state index in [-0.39, 0.29) is 24.3 Å². The third-order valence-corrected chi connectivity index (χ3v) is 3.74. The van der Waals surface area contributed by atoms with Crippen LogP contribution in [-0.4, -0.2) is 55.4 Å². The summed E-state index contributed by atoms with van der Waals surface area (Å²) < 4.78 is 5.08. The summed E-state index contributed by atoms with van der Waals surface area (Å²) in [7, 11) is 0. The Morgan fingerprint density at radius 3 is 2.61 bits per heavy atom.